The SMILES string of the molecule is CC1CCCCC1N(C)Cc1cccc([N+](=O)[O-])c1NN. The average Bonchev–Trinajstić information content (AvgIpc) is 2.47. The molecule has 1 fully saturated rings. The van der Waals surface area contributed by atoms with Crippen LogP contribution in [0, 0.1) is 16.0 Å². The quantitative estimate of drug-likeness (QED) is 0.495. The van der Waals surface area contributed by atoms with Crippen LogP contribution in [0.15, 0.2) is 18.2 Å². The first-order valence-corrected chi connectivity index (χ1v) is 7.47. The average molecular weight is 292 g/mol. The molecular formula is C15H24N4O2. The number of rotatable bonds is 5. The molecule has 1 aromatic rings. The maximum Gasteiger partial charge on any atom is 0.293 e. The lowest BCUT2D eigenvalue weighted by atomic mass is 9.85. The van der Waals surface area contributed by atoms with E-state index in [4.69, 9.17) is 5.84 Å². The minimum atomic E-state index is -0.401. The number of nitrogens with one attached hydrogen (secondary N) is 1. The molecule has 0 radical (unpaired) electrons. The zero-order valence-corrected chi connectivity index (χ0v) is 12.7. The van der Waals surface area contributed by atoms with Crippen LogP contribution in [0.1, 0.15) is 38.2 Å². The zero-order chi connectivity index (χ0) is 15.4. The summed E-state index contributed by atoms with van der Waals surface area (Å²) in [5, 5.41) is 11.1. The molecule has 0 aliphatic heterocycles. The Labute approximate surface area is 125 Å². The first kappa shape index (κ1) is 15.7. The van der Waals surface area contributed by atoms with Crippen LogP contribution in [-0.2, 0) is 6.54 Å². The lowest BCUT2D eigenvalue weighted by molar-refractivity contribution is -0.384. The van der Waals surface area contributed by atoms with Gasteiger partial charge < -0.3 is 5.43 Å². The number of nitrogens with zero attached hydrogens (tertiary/aromatic N) is 2. The van der Waals surface area contributed by atoms with Crippen LogP contribution < -0.4 is 11.3 Å². The van der Waals surface area contributed by atoms with Crippen molar-refractivity contribution in [2.75, 3.05) is 12.5 Å². The Morgan fingerprint density at radius 3 is 2.76 bits per heavy atom. The number of anilines is 1. The third-order valence-electron chi connectivity index (χ3n) is 4.52. The largest absolute Gasteiger partial charge is 0.318 e. The van der Waals surface area contributed by atoms with Crippen molar-refractivity contribution in [2.45, 2.75) is 45.2 Å². The first-order valence-electron chi connectivity index (χ1n) is 7.47. The van der Waals surface area contributed by atoms with Gasteiger partial charge in [0.15, 0.2) is 0 Å². The maximum atomic E-state index is 11.1. The Balaban J connectivity index is 2.18. The third-order valence-corrected chi connectivity index (χ3v) is 4.52. The van der Waals surface area contributed by atoms with Gasteiger partial charge in [0.1, 0.15) is 5.69 Å². The number of benzene rings is 1. The molecule has 2 atom stereocenters. The highest BCUT2D eigenvalue weighted by Crippen LogP contribution is 2.31. The second kappa shape index (κ2) is 6.87. The van der Waals surface area contributed by atoms with Crippen LogP contribution in [0.4, 0.5) is 11.4 Å². The summed E-state index contributed by atoms with van der Waals surface area (Å²) in [4.78, 5) is 13.0. The van der Waals surface area contributed by atoms with Crippen LogP contribution in [0.3, 0.4) is 0 Å². The molecule has 0 aromatic heterocycles. The van der Waals surface area contributed by atoms with Crippen molar-refractivity contribution in [1.29, 1.82) is 0 Å². The van der Waals surface area contributed by atoms with E-state index in [1.54, 1.807) is 6.07 Å². The van der Waals surface area contributed by atoms with E-state index >= 15 is 0 Å². The topological polar surface area (TPSA) is 84.4 Å². The number of hydrogen-bond donors (Lipinski definition) is 2. The number of hydrazine groups is 1. The number of nitro groups is 1. The van der Waals surface area contributed by atoms with Crippen molar-refractivity contribution in [1.82, 2.24) is 4.90 Å². The van der Waals surface area contributed by atoms with E-state index in [0.717, 1.165) is 5.56 Å². The smallest absolute Gasteiger partial charge is 0.293 e. The van der Waals surface area contributed by atoms with Crippen LogP contribution in [-0.4, -0.2) is 22.9 Å². The van der Waals surface area contributed by atoms with Gasteiger partial charge in [0.05, 0.1) is 4.92 Å². The van der Waals surface area contributed by atoms with Crippen molar-refractivity contribution in [2.24, 2.45) is 11.8 Å². The summed E-state index contributed by atoms with van der Waals surface area (Å²) in [6.45, 7) is 2.95. The van der Waals surface area contributed by atoms with Crippen LogP contribution in [0.25, 0.3) is 0 Å². The van der Waals surface area contributed by atoms with Crippen LogP contribution in [0.5, 0.6) is 0 Å². The molecule has 1 aliphatic rings. The Morgan fingerprint density at radius 2 is 2.14 bits per heavy atom. The molecule has 21 heavy (non-hydrogen) atoms. The van der Waals surface area contributed by atoms with E-state index in [-0.39, 0.29) is 5.69 Å². The monoisotopic (exact) mass is 292 g/mol. The van der Waals surface area contributed by atoms with E-state index in [1.807, 2.05) is 6.07 Å². The van der Waals surface area contributed by atoms with E-state index in [1.165, 1.54) is 31.7 Å². The number of nitrogen functional groups attached to an aromatic ring is 1. The van der Waals surface area contributed by atoms with Gasteiger partial charge in [-0.1, -0.05) is 31.9 Å². The fourth-order valence-corrected chi connectivity index (χ4v) is 3.37. The molecule has 1 saturated carbocycles. The molecule has 0 heterocycles. The summed E-state index contributed by atoms with van der Waals surface area (Å²) in [5.74, 6) is 6.16. The van der Waals surface area contributed by atoms with Crippen molar-refractivity contribution < 1.29 is 4.92 Å². The van der Waals surface area contributed by atoms with Gasteiger partial charge in [-0.05, 0) is 31.4 Å². The summed E-state index contributed by atoms with van der Waals surface area (Å²) < 4.78 is 0. The highest BCUT2D eigenvalue weighted by atomic mass is 16.6. The molecule has 116 valence electrons. The number of nitro benzene ring substituents is 1. The van der Waals surface area contributed by atoms with Crippen molar-refractivity contribution in [3.63, 3.8) is 0 Å². The van der Waals surface area contributed by atoms with Crippen molar-refractivity contribution >= 4 is 11.4 Å². The molecule has 0 amide bonds. The zero-order valence-electron chi connectivity index (χ0n) is 12.7. The number of hydrogen-bond acceptors (Lipinski definition) is 5. The molecular weight excluding hydrogens is 268 g/mol. The van der Waals surface area contributed by atoms with Gasteiger partial charge in [0, 0.05) is 18.7 Å². The Morgan fingerprint density at radius 1 is 1.43 bits per heavy atom. The van der Waals surface area contributed by atoms with Crippen LogP contribution in [0.2, 0.25) is 0 Å². The Bertz CT molecular complexity index is 506. The number of para-hydroxylation sites is 1. The molecule has 0 bridgehead atoms. The molecule has 6 nitrogen and oxygen atoms in total. The van der Waals surface area contributed by atoms with Gasteiger partial charge in [0.25, 0.3) is 5.69 Å². The summed E-state index contributed by atoms with van der Waals surface area (Å²) in [5.41, 5.74) is 3.81. The maximum absolute atomic E-state index is 11.1. The van der Waals surface area contributed by atoms with E-state index < -0.39 is 4.92 Å². The van der Waals surface area contributed by atoms with Gasteiger partial charge in [-0.25, -0.2) is 0 Å². The van der Waals surface area contributed by atoms with E-state index in [9.17, 15) is 10.1 Å². The highest BCUT2D eigenvalue weighted by Gasteiger charge is 2.26. The number of nitrogens with two attached hydrogens (primary N) is 1. The summed E-state index contributed by atoms with van der Waals surface area (Å²) >= 11 is 0. The summed E-state index contributed by atoms with van der Waals surface area (Å²) in [7, 11) is 2.09. The predicted molar refractivity (Wildman–Crippen MR) is 83.8 cm³/mol. The molecule has 0 spiro atoms. The minimum absolute atomic E-state index is 0.0279. The molecule has 1 aromatic carbocycles. The fourth-order valence-electron chi connectivity index (χ4n) is 3.37. The second-order valence-corrected chi connectivity index (χ2v) is 5.96. The second-order valence-electron chi connectivity index (χ2n) is 5.96. The van der Waals surface area contributed by atoms with Gasteiger partial charge in [0.2, 0.25) is 0 Å². The highest BCUT2D eigenvalue weighted by molar-refractivity contribution is 5.65. The van der Waals surface area contributed by atoms with Crippen molar-refractivity contribution in [3.05, 3.63) is 33.9 Å². The normalized spacial score (nSPS) is 22.3. The molecule has 2 unspecified atom stereocenters. The first-order chi connectivity index (χ1) is 10.0. The van der Waals surface area contributed by atoms with Gasteiger partial charge in [-0.2, -0.15) is 0 Å². The Hall–Kier alpha value is -1.66. The Kier molecular flexibility index (Phi) is 5.14. The van der Waals surface area contributed by atoms with Crippen molar-refractivity contribution in [3.8, 4) is 0 Å². The molecule has 2 rings (SSSR count). The predicted octanol–water partition coefficient (Wildman–Crippen LogP) is 2.89. The molecule has 3 N–H and O–H groups in total. The summed E-state index contributed by atoms with van der Waals surface area (Å²) in [6, 6.07) is 5.62. The van der Waals surface area contributed by atoms with Gasteiger partial charge in [-0.3, -0.25) is 20.9 Å². The minimum Gasteiger partial charge on any atom is -0.318 e. The van der Waals surface area contributed by atoms with E-state index in [0.29, 0.717) is 24.2 Å². The lowest BCUT2D eigenvalue weighted by Gasteiger charge is -2.36. The summed E-state index contributed by atoms with van der Waals surface area (Å²) in [6.07, 6.45) is 5.01. The molecule has 0 saturated heterocycles. The standard InChI is InChI=1S/C15H24N4O2/c1-11-6-3-4-8-13(11)18(2)10-12-7-5-9-14(19(20)21)15(12)17-16/h5,7,9,11,13,17H,3-4,6,8,10,16H2,1-2H3. The lowest BCUT2D eigenvalue weighted by Crippen LogP contribution is -2.38. The molecule has 6 heteroatoms. The fraction of sp³-hybridized carbons (Fsp3) is 0.600. The van der Waals surface area contributed by atoms with E-state index in [2.05, 4.69) is 24.3 Å². The molecule has 1 aliphatic carbocycles. The third kappa shape index (κ3) is 3.51. The van der Waals surface area contributed by atoms with Crippen LogP contribution >= 0.6 is 0 Å². The van der Waals surface area contributed by atoms with Gasteiger partial charge in [-0.15, -0.1) is 0 Å². The van der Waals surface area contributed by atoms with Gasteiger partial charge >= 0.3 is 0 Å².